The normalized spacial score (nSPS) is 16.3. The fourth-order valence-corrected chi connectivity index (χ4v) is 4.02. The third-order valence-corrected chi connectivity index (χ3v) is 5.72. The number of hydrogen-bond donors (Lipinski definition) is 2. The van der Waals surface area contributed by atoms with Gasteiger partial charge in [-0.15, -0.1) is 24.0 Å². The van der Waals surface area contributed by atoms with E-state index in [1.807, 2.05) is 24.8 Å². The van der Waals surface area contributed by atoms with Crippen LogP contribution in [0.4, 0.5) is 0 Å². The summed E-state index contributed by atoms with van der Waals surface area (Å²) in [5, 5.41) is 11.4. The fourth-order valence-electron chi connectivity index (χ4n) is 4.02. The van der Waals surface area contributed by atoms with Gasteiger partial charge >= 0.3 is 0 Å². The first-order valence-corrected chi connectivity index (χ1v) is 10.3. The Morgan fingerprint density at radius 3 is 2.59 bits per heavy atom. The second-order valence-electron chi connectivity index (χ2n) is 7.53. The average molecular weight is 514 g/mol. The molecule has 2 N–H and O–H groups in total. The second kappa shape index (κ2) is 11.6. The second-order valence-corrected chi connectivity index (χ2v) is 7.53. The van der Waals surface area contributed by atoms with Crippen molar-refractivity contribution in [2.45, 2.75) is 45.6 Å². The lowest BCUT2D eigenvalue weighted by Gasteiger charge is -2.33. The van der Waals surface area contributed by atoms with E-state index in [0.29, 0.717) is 0 Å². The van der Waals surface area contributed by atoms with Gasteiger partial charge in [0, 0.05) is 32.9 Å². The number of furan rings is 1. The molecule has 1 fully saturated rings. The number of hydrogen-bond acceptors (Lipinski definition) is 4. The Bertz CT molecular complexity index is 764. The van der Waals surface area contributed by atoms with E-state index in [0.717, 1.165) is 50.0 Å². The minimum Gasteiger partial charge on any atom is -0.468 e. The standard InChI is InChI=1S/C21H34N6O.HI/c1-16-18(17(2)26(4)25-16)10-11-23-21(22-3)24-15-19(20-9-8-14-28-20)27-12-6-5-7-13-27;/h8-9,14,19H,5-7,10-13,15H2,1-4H3,(H2,22,23,24);1H. The van der Waals surface area contributed by atoms with Crippen molar-refractivity contribution in [2.75, 3.05) is 33.2 Å². The van der Waals surface area contributed by atoms with Crippen LogP contribution in [0.1, 0.15) is 48.0 Å². The monoisotopic (exact) mass is 514 g/mol. The van der Waals surface area contributed by atoms with E-state index in [-0.39, 0.29) is 30.0 Å². The van der Waals surface area contributed by atoms with Crippen molar-refractivity contribution in [1.29, 1.82) is 0 Å². The van der Waals surface area contributed by atoms with Crippen LogP contribution in [-0.4, -0.2) is 53.9 Å². The van der Waals surface area contributed by atoms with Gasteiger partial charge in [-0.05, 0) is 63.9 Å². The lowest BCUT2D eigenvalue weighted by Crippen LogP contribution is -2.44. The van der Waals surface area contributed by atoms with Crippen molar-refractivity contribution < 1.29 is 4.42 Å². The highest BCUT2D eigenvalue weighted by Gasteiger charge is 2.24. The van der Waals surface area contributed by atoms with Crippen LogP contribution in [0.2, 0.25) is 0 Å². The highest BCUT2D eigenvalue weighted by atomic mass is 127. The molecule has 29 heavy (non-hydrogen) atoms. The SMILES string of the molecule is CN=C(NCCc1c(C)nn(C)c1C)NCC(c1ccco1)N1CCCCC1.I. The first kappa shape index (κ1) is 23.7. The van der Waals surface area contributed by atoms with E-state index in [4.69, 9.17) is 4.42 Å². The Hall–Kier alpha value is -1.55. The van der Waals surface area contributed by atoms with Crippen LogP contribution in [0.25, 0.3) is 0 Å². The van der Waals surface area contributed by atoms with Gasteiger partial charge in [-0.1, -0.05) is 6.42 Å². The lowest BCUT2D eigenvalue weighted by molar-refractivity contribution is 0.146. The average Bonchev–Trinajstić information content (AvgIpc) is 3.31. The molecule has 8 heteroatoms. The molecule has 1 unspecified atom stereocenters. The van der Waals surface area contributed by atoms with Gasteiger partial charge in [-0.2, -0.15) is 5.10 Å². The summed E-state index contributed by atoms with van der Waals surface area (Å²) in [5.74, 6) is 1.85. The molecule has 0 saturated carbocycles. The van der Waals surface area contributed by atoms with Crippen molar-refractivity contribution in [3.63, 3.8) is 0 Å². The summed E-state index contributed by atoms with van der Waals surface area (Å²) in [4.78, 5) is 6.91. The summed E-state index contributed by atoms with van der Waals surface area (Å²) >= 11 is 0. The third kappa shape index (κ3) is 6.21. The van der Waals surface area contributed by atoms with Crippen LogP contribution in [-0.2, 0) is 13.5 Å². The van der Waals surface area contributed by atoms with E-state index in [9.17, 15) is 0 Å². The molecule has 162 valence electrons. The molecule has 1 atom stereocenters. The number of piperidine rings is 1. The Morgan fingerprint density at radius 2 is 2.00 bits per heavy atom. The lowest BCUT2D eigenvalue weighted by atomic mass is 10.1. The zero-order valence-corrected chi connectivity index (χ0v) is 20.4. The molecule has 0 spiro atoms. The largest absolute Gasteiger partial charge is 0.468 e. The van der Waals surface area contributed by atoms with Gasteiger partial charge < -0.3 is 15.1 Å². The van der Waals surface area contributed by atoms with E-state index >= 15 is 0 Å². The molecule has 3 heterocycles. The highest BCUT2D eigenvalue weighted by molar-refractivity contribution is 14.0. The summed E-state index contributed by atoms with van der Waals surface area (Å²) in [6, 6.07) is 4.28. The molecule has 3 rings (SSSR count). The molecule has 0 amide bonds. The van der Waals surface area contributed by atoms with Crippen molar-refractivity contribution in [3.8, 4) is 0 Å². The van der Waals surface area contributed by atoms with Crippen LogP contribution in [0.5, 0.6) is 0 Å². The summed E-state index contributed by atoms with van der Waals surface area (Å²) in [6.45, 7) is 8.04. The Labute approximate surface area is 191 Å². The van der Waals surface area contributed by atoms with Crippen LogP contribution in [0, 0.1) is 13.8 Å². The number of aryl methyl sites for hydroxylation is 2. The molecule has 0 radical (unpaired) electrons. The van der Waals surface area contributed by atoms with E-state index < -0.39 is 0 Å². The predicted molar refractivity (Wildman–Crippen MR) is 128 cm³/mol. The Morgan fingerprint density at radius 1 is 1.24 bits per heavy atom. The number of nitrogens with zero attached hydrogens (tertiary/aromatic N) is 4. The van der Waals surface area contributed by atoms with Crippen LogP contribution in [0.3, 0.4) is 0 Å². The smallest absolute Gasteiger partial charge is 0.191 e. The Kier molecular flexibility index (Phi) is 9.48. The number of nitrogens with one attached hydrogen (secondary N) is 2. The number of likely N-dealkylation sites (tertiary alicyclic amines) is 1. The van der Waals surface area contributed by atoms with E-state index in [1.165, 1.54) is 30.5 Å². The Balaban J connectivity index is 0.00000300. The molecule has 0 bridgehead atoms. The van der Waals surface area contributed by atoms with Gasteiger partial charge in [0.15, 0.2) is 5.96 Å². The van der Waals surface area contributed by atoms with Crippen molar-refractivity contribution in [2.24, 2.45) is 12.0 Å². The van der Waals surface area contributed by atoms with Gasteiger partial charge in [0.25, 0.3) is 0 Å². The zero-order chi connectivity index (χ0) is 19.9. The van der Waals surface area contributed by atoms with Crippen molar-refractivity contribution in [1.82, 2.24) is 25.3 Å². The first-order valence-electron chi connectivity index (χ1n) is 10.3. The first-order chi connectivity index (χ1) is 13.6. The molecule has 7 nitrogen and oxygen atoms in total. The molecular formula is C21H35IN6O. The highest BCUT2D eigenvalue weighted by Crippen LogP contribution is 2.24. The van der Waals surface area contributed by atoms with Crippen molar-refractivity contribution >= 4 is 29.9 Å². The molecule has 2 aromatic rings. The molecule has 2 aromatic heterocycles. The topological polar surface area (TPSA) is 70.6 Å². The van der Waals surface area contributed by atoms with Gasteiger partial charge in [-0.3, -0.25) is 14.6 Å². The fraction of sp³-hybridized carbons (Fsp3) is 0.619. The van der Waals surface area contributed by atoms with Crippen LogP contribution >= 0.6 is 24.0 Å². The molecular weight excluding hydrogens is 479 g/mol. The number of aliphatic imine (C=N–C) groups is 1. The maximum absolute atomic E-state index is 5.73. The minimum atomic E-state index is 0. The van der Waals surface area contributed by atoms with E-state index in [1.54, 1.807) is 6.26 Å². The van der Waals surface area contributed by atoms with Gasteiger partial charge in [0.05, 0.1) is 18.0 Å². The summed E-state index contributed by atoms with van der Waals surface area (Å²) in [7, 11) is 3.81. The van der Waals surface area contributed by atoms with Crippen LogP contribution < -0.4 is 10.6 Å². The maximum Gasteiger partial charge on any atom is 0.191 e. The predicted octanol–water partition coefficient (Wildman–Crippen LogP) is 3.18. The van der Waals surface area contributed by atoms with Crippen LogP contribution in [0.15, 0.2) is 27.8 Å². The summed E-state index contributed by atoms with van der Waals surface area (Å²) in [6.07, 6.45) is 6.53. The van der Waals surface area contributed by atoms with E-state index in [2.05, 4.69) is 45.5 Å². The summed E-state index contributed by atoms with van der Waals surface area (Å²) in [5.41, 5.74) is 3.64. The number of guanidine groups is 1. The number of halogens is 1. The third-order valence-electron chi connectivity index (χ3n) is 5.72. The summed E-state index contributed by atoms with van der Waals surface area (Å²) < 4.78 is 7.68. The van der Waals surface area contributed by atoms with Gasteiger partial charge in [0.1, 0.15) is 5.76 Å². The van der Waals surface area contributed by atoms with Gasteiger partial charge in [-0.25, -0.2) is 0 Å². The van der Waals surface area contributed by atoms with Crippen molar-refractivity contribution in [3.05, 3.63) is 41.1 Å². The number of rotatable bonds is 7. The molecule has 1 aliphatic rings. The molecule has 1 aliphatic heterocycles. The molecule has 0 aromatic carbocycles. The van der Waals surface area contributed by atoms with Gasteiger partial charge in [0.2, 0.25) is 0 Å². The minimum absolute atomic E-state index is 0. The number of aromatic nitrogens is 2. The zero-order valence-electron chi connectivity index (χ0n) is 18.1. The molecule has 0 aliphatic carbocycles. The quantitative estimate of drug-likeness (QED) is 0.338. The maximum atomic E-state index is 5.73. The molecule has 1 saturated heterocycles.